The molecule has 136 valence electrons. The number of benzene rings is 1. The third-order valence-corrected chi connectivity index (χ3v) is 5.91. The summed E-state index contributed by atoms with van der Waals surface area (Å²) >= 11 is 2.98. The van der Waals surface area contributed by atoms with Crippen molar-refractivity contribution >= 4 is 50.4 Å². The van der Waals surface area contributed by atoms with Crippen LogP contribution in [0.3, 0.4) is 0 Å². The van der Waals surface area contributed by atoms with E-state index in [1.54, 1.807) is 16.7 Å². The van der Waals surface area contributed by atoms with Gasteiger partial charge in [-0.05, 0) is 41.8 Å². The topological polar surface area (TPSA) is 126 Å². The van der Waals surface area contributed by atoms with E-state index < -0.39 is 15.9 Å². The van der Waals surface area contributed by atoms with Gasteiger partial charge in [-0.2, -0.15) is 16.6 Å². The Balaban J connectivity index is 1.76. The van der Waals surface area contributed by atoms with E-state index >= 15 is 0 Å². The summed E-state index contributed by atoms with van der Waals surface area (Å²) in [5, 5.41) is 23.3. The molecule has 0 fully saturated rings. The Morgan fingerprint density at radius 3 is 2.56 bits per heavy atom. The minimum Gasteiger partial charge on any atom is -0.321 e. The Bertz CT molecular complexity index is 1140. The Morgan fingerprint density at radius 1 is 1.22 bits per heavy atom. The third kappa shape index (κ3) is 4.66. The minimum atomic E-state index is -3.81. The van der Waals surface area contributed by atoms with Gasteiger partial charge in [0.1, 0.15) is 16.6 Å². The molecule has 1 amide bonds. The van der Waals surface area contributed by atoms with Gasteiger partial charge in [0.15, 0.2) is 0 Å². The molecule has 7 nitrogen and oxygen atoms in total. The molecule has 0 aliphatic rings. The van der Waals surface area contributed by atoms with Crippen molar-refractivity contribution in [2.24, 2.45) is 5.14 Å². The highest BCUT2D eigenvalue weighted by atomic mass is 32.2. The van der Waals surface area contributed by atoms with Crippen molar-refractivity contribution in [3.63, 3.8) is 0 Å². The van der Waals surface area contributed by atoms with Gasteiger partial charge in [-0.3, -0.25) is 4.79 Å². The highest BCUT2D eigenvalue weighted by Gasteiger charge is 2.13. The normalized spacial score (nSPS) is 11.8. The summed E-state index contributed by atoms with van der Waals surface area (Å²) in [4.78, 5) is 16.6. The van der Waals surface area contributed by atoms with E-state index in [2.05, 4.69) is 10.3 Å². The van der Waals surface area contributed by atoms with Crippen molar-refractivity contribution in [2.75, 3.05) is 5.32 Å². The maximum absolute atomic E-state index is 12.3. The van der Waals surface area contributed by atoms with Crippen LogP contribution in [0.15, 0.2) is 56.9 Å². The van der Waals surface area contributed by atoms with Gasteiger partial charge >= 0.3 is 0 Å². The predicted octanol–water partition coefficient (Wildman–Crippen LogP) is 3.06. The lowest BCUT2D eigenvalue weighted by atomic mass is 10.2. The number of nitrogens with two attached hydrogens (primary N) is 1. The number of carbonyl (C=O) groups is 1. The molecule has 0 radical (unpaired) electrons. The molecule has 27 heavy (non-hydrogen) atoms. The number of hydrogen-bond acceptors (Lipinski definition) is 7. The van der Waals surface area contributed by atoms with Crippen LogP contribution in [0.1, 0.15) is 5.69 Å². The Hall–Kier alpha value is -2.84. The molecule has 0 aliphatic carbocycles. The molecule has 0 spiro atoms. The van der Waals surface area contributed by atoms with Crippen LogP contribution in [-0.2, 0) is 14.8 Å². The molecule has 0 aliphatic heterocycles. The average Bonchev–Trinajstić information content (AvgIpc) is 3.30. The van der Waals surface area contributed by atoms with E-state index in [1.807, 2.05) is 22.9 Å². The number of carbonyl (C=O) groups excluding carboxylic acids is 1. The predicted molar refractivity (Wildman–Crippen MR) is 105 cm³/mol. The minimum absolute atomic E-state index is 0.0695. The summed E-state index contributed by atoms with van der Waals surface area (Å²) in [5.74, 6) is -0.620. The smallest absolute Gasteiger partial charge is 0.266 e. The second-order valence-corrected chi connectivity index (χ2v) is 8.48. The van der Waals surface area contributed by atoms with Crippen molar-refractivity contribution in [1.82, 2.24) is 4.98 Å². The molecule has 3 N–H and O–H groups in total. The van der Waals surface area contributed by atoms with Crippen molar-refractivity contribution < 1.29 is 13.2 Å². The number of anilines is 1. The standard InChI is InChI=1S/C17H12N4O3S3/c18-8-12(7-14-10-26-17(21-14)11-5-6-25-9-11)16(22)20-13-1-3-15(4-2-13)27(19,23)24/h1-7,9-10H,(H,20,22)(H2,19,23,24)/b12-7+. The first kappa shape index (κ1) is 18.9. The molecular formula is C17H12N4O3S3. The largest absolute Gasteiger partial charge is 0.321 e. The number of hydrogen-bond donors (Lipinski definition) is 2. The molecule has 0 atom stereocenters. The van der Waals surface area contributed by atoms with Crippen LogP contribution in [-0.4, -0.2) is 19.3 Å². The lowest BCUT2D eigenvalue weighted by Gasteiger charge is -2.05. The van der Waals surface area contributed by atoms with Crippen molar-refractivity contribution in [3.8, 4) is 16.6 Å². The van der Waals surface area contributed by atoms with Crippen molar-refractivity contribution in [3.05, 3.63) is 57.7 Å². The highest BCUT2D eigenvalue weighted by molar-refractivity contribution is 7.89. The maximum atomic E-state index is 12.3. The monoisotopic (exact) mass is 416 g/mol. The molecule has 0 unspecified atom stereocenters. The van der Waals surface area contributed by atoms with Crippen LogP contribution in [0.5, 0.6) is 0 Å². The summed E-state index contributed by atoms with van der Waals surface area (Å²) in [6.07, 6.45) is 1.40. The van der Waals surface area contributed by atoms with E-state index in [-0.39, 0.29) is 10.5 Å². The molecule has 3 rings (SSSR count). The van der Waals surface area contributed by atoms with Crippen molar-refractivity contribution in [2.45, 2.75) is 4.90 Å². The third-order valence-electron chi connectivity index (χ3n) is 3.39. The molecule has 0 saturated heterocycles. The van der Waals surface area contributed by atoms with Gasteiger partial charge in [-0.1, -0.05) is 0 Å². The first-order chi connectivity index (χ1) is 12.9. The van der Waals surface area contributed by atoms with Crippen molar-refractivity contribution in [1.29, 1.82) is 5.26 Å². The zero-order valence-corrected chi connectivity index (χ0v) is 16.1. The fraction of sp³-hybridized carbons (Fsp3) is 0. The van der Waals surface area contributed by atoms with Crippen LogP contribution < -0.4 is 10.5 Å². The molecule has 0 saturated carbocycles. The van der Waals surface area contributed by atoms with E-state index in [0.717, 1.165) is 10.6 Å². The molecule has 2 aromatic heterocycles. The number of nitrogens with zero attached hydrogens (tertiary/aromatic N) is 2. The number of aromatic nitrogens is 1. The SMILES string of the molecule is N#C/C(=C\c1csc(-c2ccsc2)n1)C(=O)Nc1ccc(S(N)(=O)=O)cc1. The van der Waals surface area contributed by atoms with E-state index in [1.165, 1.54) is 41.7 Å². The number of nitriles is 1. The second kappa shape index (κ2) is 7.81. The number of nitrogens with one attached hydrogen (secondary N) is 1. The molecule has 3 aromatic rings. The van der Waals surface area contributed by atoms with Gasteiger partial charge < -0.3 is 5.32 Å². The maximum Gasteiger partial charge on any atom is 0.266 e. The quantitative estimate of drug-likeness (QED) is 0.488. The van der Waals surface area contributed by atoms with Crippen LogP contribution in [0, 0.1) is 11.3 Å². The van der Waals surface area contributed by atoms with E-state index in [9.17, 15) is 18.5 Å². The van der Waals surface area contributed by atoms with Crippen LogP contribution in [0.4, 0.5) is 5.69 Å². The number of rotatable bonds is 5. The average molecular weight is 417 g/mol. The van der Waals surface area contributed by atoms with Crippen LogP contribution >= 0.6 is 22.7 Å². The van der Waals surface area contributed by atoms with Gasteiger partial charge in [-0.15, -0.1) is 11.3 Å². The lowest BCUT2D eigenvalue weighted by molar-refractivity contribution is -0.112. The summed E-state index contributed by atoms with van der Waals surface area (Å²) in [6, 6.07) is 9.12. The number of thiazole rings is 1. The molecule has 1 aromatic carbocycles. The van der Waals surface area contributed by atoms with Gasteiger partial charge in [0.2, 0.25) is 10.0 Å². The number of amides is 1. The zero-order chi connectivity index (χ0) is 19.4. The summed E-state index contributed by atoms with van der Waals surface area (Å²) in [6.45, 7) is 0. The number of thiophene rings is 1. The Morgan fingerprint density at radius 2 is 1.96 bits per heavy atom. The zero-order valence-electron chi connectivity index (χ0n) is 13.6. The molecule has 0 bridgehead atoms. The van der Waals surface area contributed by atoms with E-state index in [4.69, 9.17) is 5.14 Å². The number of primary sulfonamides is 1. The molecular weight excluding hydrogens is 404 g/mol. The Labute approximate surface area is 163 Å². The number of sulfonamides is 1. The first-order valence-corrected chi connectivity index (χ1v) is 10.8. The summed E-state index contributed by atoms with van der Waals surface area (Å²) < 4.78 is 22.5. The second-order valence-electron chi connectivity index (χ2n) is 5.28. The fourth-order valence-corrected chi connectivity index (χ4v) is 4.10. The first-order valence-electron chi connectivity index (χ1n) is 7.41. The van der Waals surface area contributed by atoms with Gasteiger partial charge in [-0.25, -0.2) is 18.5 Å². The van der Waals surface area contributed by atoms with Crippen LogP contribution in [0.2, 0.25) is 0 Å². The van der Waals surface area contributed by atoms with Gasteiger partial charge in [0, 0.05) is 22.0 Å². The van der Waals surface area contributed by atoms with Gasteiger partial charge in [0.25, 0.3) is 5.91 Å². The van der Waals surface area contributed by atoms with Gasteiger partial charge in [0.05, 0.1) is 10.6 Å². The summed E-state index contributed by atoms with van der Waals surface area (Å²) in [7, 11) is -3.81. The molecule has 2 heterocycles. The van der Waals surface area contributed by atoms with Crippen LogP contribution in [0.25, 0.3) is 16.6 Å². The fourth-order valence-electron chi connectivity index (χ4n) is 2.09. The van der Waals surface area contributed by atoms with E-state index in [0.29, 0.717) is 11.4 Å². The summed E-state index contributed by atoms with van der Waals surface area (Å²) in [5.41, 5.74) is 1.72. The Kier molecular flexibility index (Phi) is 5.48. The lowest BCUT2D eigenvalue weighted by Crippen LogP contribution is -2.14. The molecule has 10 heteroatoms. The highest BCUT2D eigenvalue weighted by Crippen LogP contribution is 2.26.